The molecule has 0 radical (unpaired) electrons. The molecular weight excluding hydrogens is 260 g/mol. The van der Waals surface area contributed by atoms with Gasteiger partial charge in [0.1, 0.15) is 0 Å². The highest BCUT2D eigenvalue weighted by molar-refractivity contribution is 7.88. The van der Waals surface area contributed by atoms with Gasteiger partial charge in [-0.15, -0.1) is 4.83 Å². The van der Waals surface area contributed by atoms with Gasteiger partial charge in [0.05, 0.1) is 17.4 Å². The zero-order chi connectivity index (χ0) is 12.9. The molecule has 4 N–H and O–H groups in total. The van der Waals surface area contributed by atoms with E-state index in [2.05, 4.69) is 17.6 Å². The van der Waals surface area contributed by atoms with Crippen molar-refractivity contribution in [2.45, 2.75) is 5.75 Å². The summed E-state index contributed by atoms with van der Waals surface area (Å²) in [6, 6.07) is 8.36. The van der Waals surface area contributed by atoms with Crippen LogP contribution < -0.4 is 16.0 Å². The number of nitrogens with zero attached hydrogens (tertiary/aromatic N) is 1. The fourth-order valence-corrected chi connectivity index (χ4v) is 2.24. The van der Waals surface area contributed by atoms with Gasteiger partial charge in [-0.1, -0.05) is 18.2 Å². The van der Waals surface area contributed by atoms with Crippen LogP contribution >= 0.6 is 12.2 Å². The van der Waals surface area contributed by atoms with Crippen molar-refractivity contribution in [2.75, 3.05) is 0 Å². The molecule has 0 bridgehead atoms. The first-order valence-corrected chi connectivity index (χ1v) is 6.53. The van der Waals surface area contributed by atoms with Crippen LogP contribution in [-0.4, -0.2) is 13.5 Å². The molecule has 0 atom stereocenters. The SMILES string of the molecule is N#Cc1ccccc1CS(=O)(=O)NNC(N)=S. The molecule has 1 aromatic carbocycles. The molecule has 0 heterocycles. The Morgan fingerprint density at radius 1 is 1.47 bits per heavy atom. The van der Waals surface area contributed by atoms with Gasteiger partial charge < -0.3 is 5.73 Å². The van der Waals surface area contributed by atoms with Crippen molar-refractivity contribution in [2.24, 2.45) is 5.73 Å². The van der Waals surface area contributed by atoms with E-state index in [-0.39, 0.29) is 10.9 Å². The third-order valence-corrected chi connectivity index (χ3v) is 3.02. The lowest BCUT2D eigenvalue weighted by Crippen LogP contribution is -2.44. The molecule has 1 aromatic rings. The van der Waals surface area contributed by atoms with Gasteiger partial charge in [0, 0.05) is 0 Å². The molecule has 0 unspecified atom stereocenters. The van der Waals surface area contributed by atoms with E-state index in [1.165, 1.54) is 0 Å². The molecule has 0 saturated carbocycles. The first kappa shape index (κ1) is 13.4. The minimum atomic E-state index is -3.64. The number of nitrogens with two attached hydrogens (primary N) is 1. The lowest BCUT2D eigenvalue weighted by atomic mass is 10.1. The number of hydrogen-bond acceptors (Lipinski definition) is 4. The number of hydrazine groups is 1. The number of rotatable bonds is 4. The highest BCUT2D eigenvalue weighted by Gasteiger charge is 2.13. The summed E-state index contributed by atoms with van der Waals surface area (Å²) in [4.78, 5) is 2.00. The number of hydrogen-bond donors (Lipinski definition) is 3. The van der Waals surface area contributed by atoms with E-state index in [1.54, 1.807) is 24.3 Å². The summed E-state index contributed by atoms with van der Waals surface area (Å²) in [5.74, 6) is -0.327. The number of nitrogens with one attached hydrogen (secondary N) is 2. The zero-order valence-electron chi connectivity index (χ0n) is 8.67. The van der Waals surface area contributed by atoms with Gasteiger partial charge in [-0.25, -0.2) is 8.42 Å². The van der Waals surface area contributed by atoms with Gasteiger partial charge >= 0.3 is 0 Å². The van der Waals surface area contributed by atoms with Gasteiger partial charge in [-0.05, 0) is 23.8 Å². The molecule has 0 aromatic heterocycles. The van der Waals surface area contributed by atoms with Gasteiger partial charge in [0.25, 0.3) is 0 Å². The Balaban J connectivity index is 2.84. The summed E-state index contributed by atoms with van der Waals surface area (Å²) in [7, 11) is -3.64. The van der Waals surface area contributed by atoms with Crippen LogP contribution in [0.1, 0.15) is 11.1 Å². The second-order valence-corrected chi connectivity index (χ2v) is 5.28. The van der Waals surface area contributed by atoms with Crippen molar-refractivity contribution in [1.82, 2.24) is 10.3 Å². The molecule has 1 rings (SSSR count). The van der Waals surface area contributed by atoms with E-state index in [9.17, 15) is 8.42 Å². The zero-order valence-corrected chi connectivity index (χ0v) is 10.3. The van der Waals surface area contributed by atoms with Crippen LogP contribution in [0, 0.1) is 11.3 Å². The topological polar surface area (TPSA) is 108 Å². The summed E-state index contributed by atoms with van der Waals surface area (Å²) in [5, 5.41) is 8.63. The van der Waals surface area contributed by atoms with Gasteiger partial charge in [0.15, 0.2) is 5.11 Å². The Hall–Kier alpha value is -1.69. The highest BCUT2D eigenvalue weighted by atomic mass is 32.2. The molecule has 90 valence electrons. The maximum Gasteiger partial charge on any atom is 0.232 e. The third-order valence-electron chi connectivity index (χ3n) is 1.81. The smallest absolute Gasteiger partial charge is 0.232 e. The van der Waals surface area contributed by atoms with E-state index in [0.29, 0.717) is 11.1 Å². The monoisotopic (exact) mass is 270 g/mol. The van der Waals surface area contributed by atoms with Crippen LogP contribution in [0.3, 0.4) is 0 Å². The van der Waals surface area contributed by atoms with Crippen LogP contribution in [0.15, 0.2) is 24.3 Å². The average Bonchev–Trinajstić information content (AvgIpc) is 2.27. The Morgan fingerprint density at radius 3 is 2.71 bits per heavy atom. The second kappa shape index (κ2) is 5.58. The molecule has 0 aliphatic rings. The highest BCUT2D eigenvalue weighted by Crippen LogP contribution is 2.10. The predicted molar refractivity (Wildman–Crippen MR) is 66.8 cm³/mol. The maximum absolute atomic E-state index is 11.6. The predicted octanol–water partition coefficient (Wildman–Crippen LogP) is -0.274. The number of thiocarbonyl (C=S) groups is 1. The van der Waals surface area contributed by atoms with Crippen molar-refractivity contribution in [3.63, 3.8) is 0 Å². The van der Waals surface area contributed by atoms with Gasteiger partial charge in [-0.2, -0.15) is 5.26 Å². The van der Waals surface area contributed by atoms with E-state index in [0.717, 1.165) is 0 Å². The average molecular weight is 270 g/mol. The van der Waals surface area contributed by atoms with Crippen molar-refractivity contribution in [3.05, 3.63) is 35.4 Å². The summed E-state index contributed by atoms with van der Waals surface area (Å²) >= 11 is 4.46. The number of nitriles is 1. The fourth-order valence-electron chi connectivity index (χ4n) is 1.12. The Labute approximate surface area is 104 Å². The van der Waals surface area contributed by atoms with E-state index in [1.807, 2.05) is 10.9 Å². The summed E-state index contributed by atoms with van der Waals surface area (Å²) in [6.07, 6.45) is 0. The van der Waals surface area contributed by atoms with Crippen LogP contribution in [0.4, 0.5) is 0 Å². The first-order valence-electron chi connectivity index (χ1n) is 4.47. The number of sulfonamides is 1. The molecule has 0 fully saturated rings. The quantitative estimate of drug-likeness (QED) is 0.513. The summed E-state index contributed by atoms with van der Waals surface area (Å²) < 4.78 is 23.1. The van der Waals surface area contributed by atoms with E-state index < -0.39 is 10.0 Å². The summed E-state index contributed by atoms with van der Waals surface area (Å²) in [5.41, 5.74) is 7.94. The normalized spacial score (nSPS) is 10.5. The number of benzene rings is 1. The second-order valence-electron chi connectivity index (χ2n) is 3.12. The fraction of sp³-hybridized carbons (Fsp3) is 0.111. The van der Waals surface area contributed by atoms with Crippen molar-refractivity contribution in [1.29, 1.82) is 5.26 Å². The van der Waals surface area contributed by atoms with Crippen molar-refractivity contribution in [3.8, 4) is 6.07 Å². The Kier molecular flexibility index (Phi) is 4.39. The minimum absolute atomic E-state index is 0.179. The van der Waals surface area contributed by atoms with Crippen molar-refractivity contribution >= 4 is 27.4 Å². The van der Waals surface area contributed by atoms with Crippen LogP contribution in [0.25, 0.3) is 0 Å². The Morgan fingerprint density at radius 2 is 2.12 bits per heavy atom. The first-order chi connectivity index (χ1) is 7.94. The lowest BCUT2D eigenvalue weighted by molar-refractivity contribution is 0.576. The molecule has 0 amide bonds. The molecule has 8 heteroatoms. The molecule has 6 nitrogen and oxygen atoms in total. The van der Waals surface area contributed by atoms with Gasteiger partial charge in [-0.3, -0.25) is 5.43 Å². The maximum atomic E-state index is 11.6. The minimum Gasteiger partial charge on any atom is -0.375 e. The van der Waals surface area contributed by atoms with E-state index >= 15 is 0 Å². The molecule has 17 heavy (non-hydrogen) atoms. The molecular formula is C9H10N4O2S2. The molecule has 0 spiro atoms. The standard InChI is InChI=1S/C9H10N4O2S2/c10-5-7-3-1-2-4-8(7)6-17(14,15)13-12-9(11)16/h1-4,13H,6H2,(H3,11,12,16). The van der Waals surface area contributed by atoms with Crippen LogP contribution in [0.5, 0.6) is 0 Å². The molecule has 0 saturated heterocycles. The van der Waals surface area contributed by atoms with Crippen LogP contribution in [0.2, 0.25) is 0 Å². The van der Waals surface area contributed by atoms with Gasteiger partial charge in [0.2, 0.25) is 10.0 Å². The third kappa shape index (κ3) is 4.36. The van der Waals surface area contributed by atoms with E-state index in [4.69, 9.17) is 11.0 Å². The van der Waals surface area contributed by atoms with Crippen LogP contribution in [-0.2, 0) is 15.8 Å². The lowest BCUT2D eigenvalue weighted by Gasteiger charge is -2.08. The Bertz CT molecular complexity index is 563. The summed E-state index contributed by atoms with van der Waals surface area (Å²) in [6.45, 7) is 0. The largest absolute Gasteiger partial charge is 0.375 e. The molecule has 0 aliphatic heterocycles. The van der Waals surface area contributed by atoms with Crippen molar-refractivity contribution < 1.29 is 8.42 Å². The molecule has 0 aliphatic carbocycles.